The van der Waals surface area contributed by atoms with Gasteiger partial charge in [0.1, 0.15) is 18.3 Å². The van der Waals surface area contributed by atoms with Crippen LogP contribution in [-0.4, -0.2) is 86.6 Å². The van der Waals surface area contributed by atoms with Crippen LogP contribution in [0, 0.1) is 0 Å². The second kappa shape index (κ2) is 9.41. The number of aliphatic hydroxyl groups is 3. The number of hydrogen-bond donors (Lipinski definition) is 7. The van der Waals surface area contributed by atoms with Gasteiger partial charge in [-0.3, -0.25) is 0 Å². The van der Waals surface area contributed by atoms with Gasteiger partial charge in [-0.05, 0) is 5.56 Å². The number of nitrogens with one attached hydrogen (secondary N) is 2. The van der Waals surface area contributed by atoms with Crippen molar-refractivity contribution in [1.82, 2.24) is 10.6 Å². The molecule has 2 rings (SSSR count). The summed E-state index contributed by atoms with van der Waals surface area (Å²) in [4.78, 5) is 22.5. The summed E-state index contributed by atoms with van der Waals surface area (Å²) in [6.07, 6.45) is -10.7. The Kier molecular flexibility index (Phi) is 7.43. The van der Waals surface area contributed by atoms with E-state index in [0.717, 1.165) is 0 Å². The lowest BCUT2D eigenvalue weighted by Gasteiger charge is -2.47. The molecule has 0 aromatic heterocycles. The Balaban J connectivity index is 2.41. The fourth-order valence-corrected chi connectivity index (χ4v) is 3.11. The third-order valence-electron chi connectivity index (χ3n) is 4.60. The molecule has 7 atom stereocenters. The van der Waals surface area contributed by atoms with Crippen molar-refractivity contribution in [3.05, 3.63) is 35.9 Å². The Bertz CT molecular complexity index is 712. The molecule has 1 heterocycles. The van der Waals surface area contributed by atoms with Crippen molar-refractivity contribution in [2.75, 3.05) is 6.61 Å². The second-order valence-corrected chi connectivity index (χ2v) is 6.54. The number of benzene rings is 1. The van der Waals surface area contributed by atoms with E-state index in [1.807, 2.05) is 5.32 Å². The lowest BCUT2D eigenvalue weighted by molar-refractivity contribution is -0.278. The van der Waals surface area contributed by atoms with Crippen molar-refractivity contribution >= 4 is 12.1 Å². The van der Waals surface area contributed by atoms with E-state index < -0.39 is 61.1 Å². The van der Waals surface area contributed by atoms with E-state index in [4.69, 9.17) is 15.3 Å². The lowest BCUT2D eigenvalue weighted by atomic mass is 9.86. The number of halogens is 2. The third-order valence-corrected chi connectivity index (χ3v) is 4.60. The normalized spacial score (nSPS) is 31.6. The Hall–Kier alpha value is -2.38. The Labute approximate surface area is 163 Å². The molecule has 0 saturated carbocycles. The predicted octanol–water partition coefficient (Wildman–Crippen LogP) is -1.02. The third kappa shape index (κ3) is 4.97. The molecule has 29 heavy (non-hydrogen) atoms. The largest absolute Gasteiger partial charge is 0.477 e. The summed E-state index contributed by atoms with van der Waals surface area (Å²) in [5, 5.41) is 51.4. The second-order valence-electron chi connectivity index (χ2n) is 6.54. The molecule has 1 aromatic rings. The summed E-state index contributed by atoms with van der Waals surface area (Å²) in [6.45, 7) is -1.11. The highest BCUT2D eigenvalue weighted by atomic mass is 19.2. The minimum atomic E-state index is -3.94. The van der Waals surface area contributed by atoms with Crippen molar-refractivity contribution in [2.45, 2.75) is 49.0 Å². The topological polar surface area (TPSA) is 169 Å². The van der Waals surface area contributed by atoms with E-state index in [1.165, 1.54) is 0 Å². The van der Waals surface area contributed by atoms with Gasteiger partial charge in [-0.15, -0.1) is 0 Å². The van der Waals surface area contributed by atoms with Crippen molar-refractivity contribution in [1.29, 1.82) is 0 Å². The van der Waals surface area contributed by atoms with Crippen LogP contribution in [0.3, 0.4) is 0 Å². The Morgan fingerprint density at radius 1 is 1.17 bits per heavy atom. The molecule has 7 N–H and O–H groups in total. The van der Waals surface area contributed by atoms with Crippen molar-refractivity contribution in [2.24, 2.45) is 0 Å². The van der Waals surface area contributed by atoms with Gasteiger partial charge in [0.25, 0.3) is 0 Å². The Morgan fingerprint density at radius 3 is 2.31 bits per heavy atom. The Morgan fingerprint density at radius 2 is 1.79 bits per heavy atom. The van der Waals surface area contributed by atoms with Crippen LogP contribution in [0.5, 0.6) is 0 Å². The molecule has 1 saturated heterocycles. The molecule has 0 bridgehead atoms. The number of hydrogen-bond acceptors (Lipinski definition) is 7. The van der Waals surface area contributed by atoms with E-state index in [9.17, 15) is 28.6 Å². The predicted molar refractivity (Wildman–Crippen MR) is 92.4 cm³/mol. The van der Waals surface area contributed by atoms with Crippen LogP contribution in [0.4, 0.5) is 13.6 Å². The van der Waals surface area contributed by atoms with Gasteiger partial charge in [-0.25, -0.2) is 14.0 Å². The fourth-order valence-electron chi connectivity index (χ4n) is 3.11. The standard InChI is InChI=1S/C17H22F2N2O8/c18-14-11(20-6-8-4-2-1-3-5-8)10(21-16(27)28)13(12(24)9(23)7-22)29-17(14,19)15(25)26/h1-5,9-14,20-24H,6-7H2,(H,25,26)(H,27,28)/t9-,10?,11?,12-,13?,14?,17-/m1/s1. The van der Waals surface area contributed by atoms with Gasteiger partial charge in [0, 0.05) is 6.54 Å². The first kappa shape index (κ1) is 22.9. The van der Waals surface area contributed by atoms with Gasteiger partial charge in [-0.2, -0.15) is 4.39 Å². The highest BCUT2D eigenvalue weighted by Gasteiger charge is 2.63. The van der Waals surface area contributed by atoms with Crippen molar-refractivity contribution in [3.63, 3.8) is 0 Å². The monoisotopic (exact) mass is 420 g/mol. The van der Waals surface area contributed by atoms with Crippen molar-refractivity contribution in [3.8, 4) is 0 Å². The first-order chi connectivity index (χ1) is 13.6. The molecule has 162 valence electrons. The molecule has 12 heteroatoms. The van der Waals surface area contributed by atoms with E-state index in [1.54, 1.807) is 30.3 Å². The van der Waals surface area contributed by atoms with Crippen LogP contribution in [-0.2, 0) is 16.1 Å². The quantitative estimate of drug-likeness (QED) is 0.278. The van der Waals surface area contributed by atoms with E-state index >= 15 is 0 Å². The minimum absolute atomic E-state index is 0.0925. The molecular formula is C17H22F2N2O8. The number of carbonyl (C=O) groups is 2. The van der Waals surface area contributed by atoms with Gasteiger partial charge in [0.15, 0.2) is 6.17 Å². The van der Waals surface area contributed by atoms with Crippen molar-refractivity contribution < 1.29 is 48.6 Å². The zero-order chi connectivity index (χ0) is 21.8. The molecule has 1 fully saturated rings. The molecule has 1 aliphatic heterocycles. The fraction of sp³-hybridized carbons (Fsp3) is 0.529. The number of alkyl halides is 2. The molecule has 1 aliphatic rings. The smallest absolute Gasteiger partial charge is 0.405 e. The van der Waals surface area contributed by atoms with Gasteiger partial charge >= 0.3 is 17.9 Å². The maximum atomic E-state index is 14.9. The van der Waals surface area contributed by atoms with Gasteiger partial charge in [0.05, 0.1) is 18.7 Å². The molecule has 0 radical (unpaired) electrons. The van der Waals surface area contributed by atoms with Gasteiger partial charge in [-0.1, -0.05) is 30.3 Å². The summed E-state index contributed by atoms with van der Waals surface area (Å²) in [6, 6.07) is 4.83. The van der Waals surface area contributed by atoms with Crippen LogP contribution in [0.25, 0.3) is 0 Å². The van der Waals surface area contributed by atoms with Crippen LogP contribution in [0.1, 0.15) is 5.56 Å². The molecule has 4 unspecified atom stereocenters. The van der Waals surface area contributed by atoms with Crippen LogP contribution in [0.2, 0.25) is 0 Å². The molecule has 1 amide bonds. The number of ether oxygens (including phenoxy) is 1. The number of aliphatic hydroxyl groups excluding tert-OH is 3. The highest BCUT2D eigenvalue weighted by Crippen LogP contribution is 2.36. The summed E-state index contributed by atoms with van der Waals surface area (Å²) in [5.41, 5.74) is 0.604. The number of amides is 1. The van der Waals surface area contributed by atoms with E-state index in [-0.39, 0.29) is 6.54 Å². The molecule has 0 spiro atoms. The summed E-state index contributed by atoms with van der Waals surface area (Å²) in [7, 11) is 0. The molecule has 10 nitrogen and oxygen atoms in total. The first-order valence-corrected chi connectivity index (χ1v) is 8.59. The number of carboxylic acids is 1. The molecule has 1 aromatic carbocycles. The van der Waals surface area contributed by atoms with E-state index in [0.29, 0.717) is 5.56 Å². The average Bonchev–Trinajstić information content (AvgIpc) is 2.69. The number of aliphatic carboxylic acids is 1. The zero-order valence-corrected chi connectivity index (χ0v) is 15.0. The molecule has 0 aliphatic carbocycles. The maximum absolute atomic E-state index is 14.9. The van der Waals surface area contributed by atoms with Gasteiger partial charge < -0.3 is 40.9 Å². The lowest BCUT2D eigenvalue weighted by Crippen LogP contribution is -2.74. The average molecular weight is 420 g/mol. The summed E-state index contributed by atoms with van der Waals surface area (Å²) >= 11 is 0. The van der Waals surface area contributed by atoms with E-state index in [2.05, 4.69) is 10.1 Å². The number of carboxylic acid groups (broad SMARTS) is 2. The molecular weight excluding hydrogens is 398 g/mol. The zero-order valence-electron chi connectivity index (χ0n) is 15.0. The SMILES string of the molecule is O=C(O)NC1C(NCc2ccccc2)C(F)[C@](F)(C(=O)O)OC1[C@H](O)[C@H](O)CO. The van der Waals surface area contributed by atoms with Crippen LogP contribution >= 0.6 is 0 Å². The summed E-state index contributed by atoms with van der Waals surface area (Å²) < 4.78 is 34.4. The summed E-state index contributed by atoms with van der Waals surface area (Å²) in [5.74, 6) is -6.27. The van der Waals surface area contributed by atoms with Crippen LogP contribution in [0.15, 0.2) is 30.3 Å². The minimum Gasteiger partial charge on any atom is -0.477 e. The maximum Gasteiger partial charge on any atom is 0.405 e. The number of rotatable bonds is 8. The van der Waals surface area contributed by atoms with Crippen LogP contribution < -0.4 is 10.6 Å². The first-order valence-electron chi connectivity index (χ1n) is 8.59. The highest BCUT2D eigenvalue weighted by molar-refractivity contribution is 5.77. The van der Waals surface area contributed by atoms with Gasteiger partial charge in [0.2, 0.25) is 0 Å².